The number of H-pyrrole nitrogens is 1. The molecule has 0 unspecified atom stereocenters. The molecule has 0 radical (unpaired) electrons. The van der Waals surface area contributed by atoms with Crippen LogP contribution < -0.4 is 0 Å². The predicted molar refractivity (Wildman–Crippen MR) is 74.6 cm³/mol. The van der Waals surface area contributed by atoms with Gasteiger partial charge in [-0.15, -0.1) is 0 Å². The minimum absolute atomic E-state index is 0.295. The molecule has 0 spiro atoms. The highest BCUT2D eigenvalue weighted by molar-refractivity contribution is 7.90. The number of aromatic amines is 1. The van der Waals surface area contributed by atoms with Gasteiger partial charge in [0.05, 0.1) is 15.9 Å². The lowest BCUT2D eigenvalue weighted by Gasteiger charge is -1.96. The van der Waals surface area contributed by atoms with Crippen molar-refractivity contribution in [1.29, 1.82) is 0 Å². The van der Waals surface area contributed by atoms with Gasteiger partial charge < -0.3 is 4.98 Å². The van der Waals surface area contributed by atoms with E-state index in [2.05, 4.69) is 9.97 Å². The molecular formula is C14H12N2O2S. The lowest BCUT2D eigenvalue weighted by molar-refractivity contribution is 0.602. The Labute approximate surface area is 111 Å². The fourth-order valence-electron chi connectivity index (χ4n) is 1.95. The van der Waals surface area contributed by atoms with Crippen molar-refractivity contribution < 1.29 is 8.42 Å². The number of hydrogen-bond acceptors (Lipinski definition) is 3. The second kappa shape index (κ2) is 4.20. The van der Waals surface area contributed by atoms with Crippen molar-refractivity contribution >= 4 is 20.9 Å². The molecule has 0 amide bonds. The van der Waals surface area contributed by atoms with Crippen molar-refractivity contribution in [1.82, 2.24) is 9.97 Å². The largest absolute Gasteiger partial charge is 0.338 e. The van der Waals surface area contributed by atoms with E-state index in [0.29, 0.717) is 4.90 Å². The molecule has 0 bridgehead atoms. The summed E-state index contributed by atoms with van der Waals surface area (Å²) in [6.45, 7) is 0. The summed E-state index contributed by atoms with van der Waals surface area (Å²) in [4.78, 5) is 7.90. The maximum Gasteiger partial charge on any atom is 0.175 e. The van der Waals surface area contributed by atoms with E-state index < -0.39 is 9.84 Å². The third-order valence-corrected chi connectivity index (χ3v) is 4.04. The average Bonchev–Trinajstić information content (AvgIpc) is 2.81. The molecular weight excluding hydrogens is 260 g/mol. The topological polar surface area (TPSA) is 62.8 Å². The highest BCUT2D eigenvalue weighted by Gasteiger charge is 2.10. The second-order valence-electron chi connectivity index (χ2n) is 4.40. The third-order valence-electron chi connectivity index (χ3n) is 2.93. The molecule has 1 aromatic heterocycles. The van der Waals surface area contributed by atoms with E-state index in [1.165, 1.54) is 6.26 Å². The quantitative estimate of drug-likeness (QED) is 0.780. The fraction of sp³-hybridized carbons (Fsp3) is 0.0714. The van der Waals surface area contributed by atoms with Crippen molar-refractivity contribution in [2.75, 3.05) is 6.26 Å². The molecule has 0 atom stereocenters. The van der Waals surface area contributed by atoms with Crippen molar-refractivity contribution in [2.45, 2.75) is 4.90 Å². The number of aromatic nitrogens is 2. The lowest BCUT2D eigenvalue weighted by atomic mass is 10.2. The Hall–Kier alpha value is -2.14. The summed E-state index contributed by atoms with van der Waals surface area (Å²) in [5, 5.41) is 0. The Morgan fingerprint density at radius 3 is 2.47 bits per heavy atom. The summed E-state index contributed by atoms with van der Waals surface area (Å²) in [6.07, 6.45) is 1.20. The standard InChI is InChI=1S/C14H12N2O2S/c1-19(17,18)11-7-8-12-13(9-11)16-14(15-12)10-5-3-2-4-6-10/h2-9H,1H3,(H,15,16). The maximum atomic E-state index is 11.5. The number of fused-ring (bicyclic) bond motifs is 1. The molecule has 1 heterocycles. The minimum Gasteiger partial charge on any atom is -0.338 e. The van der Waals surface area contributed by atoms with Gasteiger partial charge in [-0.3, -0.25) is 0 Å². The molecule has 0 aliphatic heterocycles. The SMILES string of the molecule is CS(=O)(=O)c1ccc2nc(-c3ccccc3)[nH]c2c1. The van der Waals surface area contributed by atoms with Crippen molar-refractivity contribution in [3.63, 3.8) is 0 Å². The van der Waals surface area contributed by atoms with E-state index >= 15 is 0 Å². The van der Waals surface area contributed by atoms with Crippen LogP contribution in [0.4, 0.5) is 0 Å². The maximum absolute atomic E-state index is 11.5. The van der Waals surface area contributed by atoms with Gasteiger partial charge >= 0.3 is 0 Å². The van der Waals surface area contributed by atoms with Gasteiger partial charge in [0.15, 0.2) is 9.84 Å². The molecule has 1 N–H and O–H groups in total. The van der Waals surface area contributed by atoms with Gasteiger partial charge in [-0.1, -0.05) is 30.3 Å². The van der Waals surface area contributed by atoms with E-state index in [0.717, 1.165) is 22.4 Å². The summed E-state index contributed by atoms with van der Waals surface area (Å²) in [5.74, 6) is 0.737. The number of imidazole rings is 1. The number of rotatable bonds is 2. The highest BCUT2D eigenvalue weighted by atomic mass is 32.2. The van der Waals surface area contributed by atoms with Crippen molar-refractivity contribution in [3.05, 3.63) is 48.5 Å². The number of nitrogens with zero attached hydrogens (tertiary/aromatic N) is 1. The van der Waals surface area contributed by atoms with Crippen LogP contribution in [0.3, 0.4) is 0 Å². The summed E-state index contributed by atoms with van der Waals surface area (Å²) < 4.78 is 23.0. The summed E-state index contributed by atoms with van der Waals surface area (Å²) in [7, 11) is -3.20. The Morgan fingerprint density at radius 1 is 1.05 bits per heavy atom. The van der Waals surface area contributed by atoms with Crippen LogP contribution in [0, 0.1) is 0 Å². The molecule has 5 heteroatoms. The lowest BCUT2D eigenvalue weighted by Crippen LogP contribution is -1.96. The molecule has 19 heavy (non-hydrogen) atoms. The van der Waals surface area contributed by atoms with Crippen LogP contribution >= 0.6 is 0 Å². The molecule has 2 aromatic carbocycles. The van der Waals surface area contributed by atoms with Gasteiger partial charge in [0, 0.05) is 11.8 Å². The van der Waals surface area contributed by atoms with Gasteiger partial charge in [0.1, 0.15) is 5.82 Å². The third kappa shape index (κ3) is 2.24. The monoisotopic (exact) mass is 272 g/mol. The smallest absolute Gasteiger partial charge is 0.175 e. The first kappa shape index (κ1) is 11.9. The molecule has 4 nitrogen and oxygen atoms in total. The molecule has 3 rings (SSSR count). The first-order chi connectivity index (χ1) is 9.04. The Kier molecular flexibility index (Phi) is 2.64. The summed E-state index contributed by atoms with van der Waals surface area (Å²) in [6, 6.07) is 14.6. The van der Waals surface area contributed by atoms with Gasteiger partial charge in [-0.25, -0.2) is 13.4 Å². The van der Waals surface area contributed by atoms with Gasteiger partial charge in [-0.2, -0.15) is 0 Å². The van der Waals surface area contributed by atoms with E-state index in [1.807, 2.05) is 30.3 Å². The molecule has 0 saturated carbocycles. The summed E-state index contributed by atoms with van der Waals surface area (Å²) in [5.41, 5.74) is 2.45. The van der Waals surface area contributed by atoms with Crippen LogP contribution in [-0.4, -0.2) is 24.6 Å². The van der Waals surface area contributed by atoms with Crippen LogP contribution in [0.2, 0.25) is 0 Å². The Balaban J connectivity index is 2.17. The zero-order valence-corrected chi connectivity index (χ0v) is 11.1. The molecule has 0 fully saturated rings. The van der Waals surface area contributed by atoms with E-state index in [4.69, 9.17) is 0 Å². The van der Waals surface area contributed by atoms with Crippen LogP contribution in [-0.2, 0) is 9.84 Å². The zero-order valence-electron chi connectivity index (χ0n) is 10.3. The van der Waals surface area contributed by atoms with Crippen LogP contribution in [0.25, 0.3) is 22.4 Å². The molecule has 0 saturated heterocycles. The Morgan fingerprint density at radius 2 is 1.79 bits per heavy atom. The average molecular weight is 272 g/mol. The van der Waals surface area contributed by atoms with E-state index in [-0.39, 0.29) is 0 Å². The summed E-state index contributed by atoms with van der Waals surface area (Å²) >= 11 is 0. The van der Waals surface area contributed by atoms with Gasteiger partial charge in [0.2, 0.25) is 0 Å². The Bertz CT molecular complexity index is 836. The van der Waals surface area contributed by atoms with Crippen LogP contribution in [0.15, 0.2) is 53.4 Å². The minimum atomic E-state index is -3.20. The molecule has 0 aliphatic rings. The number of benzene rings is 2. The van der Waals surface area contributed by atoms with Crippen LogP contribution in [0.1, 0.15) is 0 Å². The zero-order chi connectivity index (χ0) is 13.5. The van der Waals surface area contributed by atoms with Crippen molar-refractivity contribution in [3.8, 4) is 11.4 Å². The number of nitrogens with one attached hydrogen (secondary N) is 1. The normalized spacial score (nSPS) is 11.8. The molecule has 96 valence electrons. The fourth-order valence-corrected chi connectivity index (χ4v) is 2.60. The van der Waals surface area contributed by atoms with Crippen molar-refractivity contribution in [2.24, 2.45) is 0 Å². The predicted octanol–water partition coefficient (Wildman–Crippen LogP) is 2.63. The number of sulfone groups is 1. The highest BCUT2D eigenvalue weighted by Crippen LogP contribution is 2.22. The van der Waals surface area contributed by atoms with E-state index in [1.54, 1.807) is 18.2 Å². The molecule has 3 aromatic rings. The van der Waals surface area contributed by atoms with Crippen LogP contribution in [0.5, 0.6) is 0 Å². The van der Waals surface area contributed by atoms with Gasteiger partial charge in [0.25, 0.3) is 0 Å². The second-order valence-corrected chi connectivity index (χ2v) is 6.42. The number of hydrogen-bond donors (Lipinski definition) is 1. The first-order valence-corrected chi connectivity index (χ1v) is 7.68. The van der Waals surface area contributed by atoms with Gasteiger partial charge in [-0.05, 0) is 18.2 Å². The first-order valence-electron chi connectivity index (χ1n) is 5.79. The molecule has 0 aliphatic carbocycles. The van der Waals surface area contributed by atoms with E-state index in [9.17, 15) is 8.42 Å².